The monoisotopic (exact) mass is 269 g/mol. The fourth-order valence-corrected chi connectivity index (χ4v) is 1.94. The van der Waals surface area contributed by atoms with E-state index in [1.165, 1.54) is 0 Å². The molecule has 0 unspecified atom stereocenters. The summed E-state index contributed by atoms with van der Waals surface area (Å²) in [6.07, 6.45) is -0.960. The zero-order valence-corrected chi connectivity index (χ0v) is 12.0. The molecule has 0 aromatic heterocycles. The molecule has 0 spiro atoms. The van der Waals surface area contributed by atoms with E-state index in [-0.39, 0.29) is 0 Å². The van der Waals surface area contributed by atoms with Crippen LogP contribution in [0.2, 0.25) is 0 Å². The average molecular weight is 269 g/mol. The fourth-order valence-electron chi connectivity index (χ4n) is 1.94. The number of nitrogens with zero attached hydrogens (tertiary/aromatic N) is 1. The van der Waals surface area contributed by atoms with Gasteiger partial charge in [-0.3, -0.25) is 0 Å². The second kappa shape index (κ2) is 7.21. The number of aliphatic hydroxyl groups is 2. The largest absolute Gasteiger partial charge is 0.493 e. The van der Waals surface area contributed by atoms with Gasteiger partial charge in [0.25, 0.3) is 0 Å². The number of methoxy groups -OCH3 is 2. The zero-order valence-electron chi connectivity index (χ0n) is 12.0. The Hall–Kier alpha value is -1.46. The average Bonchev–Trinajstić information content (AvgIpc) is 2.36. The SMILES string of the molecule is COc1ccc(N(C[C@@H](C)O)C[C@@H](C)O)cc1OC. The first-order valence-electron chi connectivity index (χ1n) is 6.31. The van der Waals surface area contributed by atoms with Gasteiger partial charge in [0.1, 0.15) is 0 Å². The van der Waals surface area contributed by atoms with Crippen LogP contribution < -0.4 is 14.4 Å². The van der Waals surface area contributed by atoms with Crippen molar-refractivity contribution in [2.24, 2.45) is 0 Å². The van der Waals surface area contributed by atoms with Crippen LogP contribution in [-0.4, -0.2) is 49.7 Å². The smallest absolute Gasteiger partial charge is 0.162 e. The van der Waals surface area contributed by atoms with Crippen LogP contribution in [0.15, 0.2) is 18.2 Å². The number of ether oxygens (including phenoxy) is 2. The minimum Gasteiger partial charge on any atom is -0.493 e. The molecule has 0 saturated carbocycles. The minimum atomic E-state index is -0.480. The lowest BCUT2D eigenvalue weighted by Gasteiger charge is -2.28. The Morgan fingerprint density at radius 2 is 1.53 bits per heavy atom. The van der Waals surface area contributed by atoms with E-state index in [2.05, 4.69) is 0 Å². The number of hydrogen-bond donors (Lipinski definition) is 2. The normalized spacial score (nSPS) is 13.8. The van der Waals surface area contributed by atoms with Crippen molar-refractivity contribution >= 4 is 5.69 Å². The van der Waals surface area contributed by atoms with Crippen LogP contribution in [0.3, 0.4) is 0 Å². The molecule has 0 fully saturated rings. The molecular formula is C14H23NO4. The molecule has 2 atom stereocenters. The van der Waals surface area contributed by atoms with Gasteiger partial charge in [0.15, 0.2) is 11.5 Å². The molecule has 1 aromatic carbocycles. The zero-order chi connectivity index (χ0) is 14.4. The molecule has 0 aliphatic heterocycles. The molecule has 1 rings (SSSR count). The molecule has 19 heavy (non-hydrogen) atoms. The lowest BCUT2D eigenvalue weighted by molar-refractivity contribution is 0.178. The van der Waals surface area contributed by atoms with Crippen molar-refractivity contribution in [1.82, 2.24) is 0 Å². The molecule has 0 amide bonds. The van der Waals surface area contributed by atoms with E-state index in [1.807, 2.05) is 23.1 Å². The van der Waals surface area contributed by atoms with Crippen LogP contribution >= 0.6 is 0 Å². The summed E-state index contributed by atoms with van der Waals surface area (Å²) in [5.74, 6) is 1.28. The highest BCUT2D eigenvalue weighted by Crippen LogP contribution is 2.31. The first kappa shape index (κ1) is 15.6. The van der Waals surface area contributed by atoms with Crippen LogP contribution in [-0.2, 0) is 0 Å². The van der Waals surface area contributed by atoms with Crippen LogP contribution in [0, 0.1) is 0 Å². The van der Waals surface area contributed by atoms with Crippen LogP contribution in [0.5, 0.6) is 11.5 Å². The van der Waals surface area contributed by atoms with E-state index in [9.17, 15) is 10.2 Å². The van der Waals surface area contributed by atoms with Crippen molar-refractivity contribution in [3.05, 3.63) is 18.2 Å². The van der Waals surface area contributed by atoms with Crippen molar-refractivity contribution in [2.75, 3.05) is 32.2 Å². The van der Waals surface area contributed by atoms with Crippen molar-refractivity contribution < 1.29 is 19.7 Å². The highest BCUT2D eigenvalue weighted by Gasteiger charge is 2.14. The van der Waals surface area contributed by atoms with Crippen LogP contribution in [0.4, 0.5) is 5.69 Å². The second-order valence-electron chi connectivity index (χ2n) is 4.64. The summed E-state index contributed by atoms with van der Waals surface area (Å²) in [7, 11) is 3.16. The van der Waals surface area contributed by atoms with E-state index in [0.29, 0.717) is 24.6 Å². The molecule has 0 aliphatic carbocycles. The maximum absolute atomic E-state index is 9.55. The van der Waals surface area contributed by atoms with E-state index >= 15 is 0 Å². The van der Waals surface area contributed by atoms with Crippen molar-refractivity contribution in [2.45, 2.75) is 26.1 Å². The number of hydrogen-bond acceptors (Lipinski definition) is 5. The maximum Gasteiger partial charge on any atom is 0.162 e. The second-order valence-corrected chi connectivity index (χ2v) is 4.64. The van der Waals surface area contributed by atoms with E-state index in [4.69, 9.17) is 9.47 Å². The van der Waals surface area contributed by atoms with Crippen LogP contribution in [0.1, 0.15) is 13.8 Å². The molecule has 0 radical (unpaired) electrons. The molecule has 0 bridgehead atoms. The van der Waals surface area contributed by atoms with Gasteiger partial charge in [0.05, 0.1) is 26.4 Å². The Morgan fingerprint density at radius 1 is 1.00 bits per heavy atom. The third kappa shape index (κ3) is 4.61. The lowest BCUT2D eigenvalue weighted by atomic mass is 10.2. The van der Waals surface area contributed by atoms with Gasteiger partial charge >= 0.3 is 0 Å². The Labute approximate surface area is 114 Å². The summed E-state index contributed by atoms with van der Waals surface area (Å²) in [4.78, 5) is 1.91. The quantitative estimate of drug-likeness (QED) is 0.780. The molecule has 108 valence electrons. The minimum absolute atomic E-state index is 0.445. The van der Waals surface area contributed by atoms with Crippen LogP contribution in [0.25, 0.3) is 0 Å². The summed E-state index contributed by atoms with van der Waals surface area (Å²) in [5, 5.41) is 19.1. The first-order valence-corrected chi connectivity index (χ1v) is 6.31. The summed E-state index contributed by atoms with van der Waals surface area (Å²) in [5.41, 5.74) is 0.874. The summed E-state index contributed by atoms with van der Waals surface area (Å²) >= 11 is 0. The highest BCUT2D eigenvalue weighted by atomic mass is 16.5. The molecule has 5 heteroatoms. The maximum atomic E-state index is 9.55. The summed E-state index contributed by atoms with van der Waals surface area (Å²) < 4.78 is 10.5. The lowest BCUT2D eigenvalue weighted by Crippen LogP contribution is -2.36. The highest BCUT2D eigenvalue weighted by molar-refractivity contribution is 5.56. The van der Waals surface area contributed by atoms with E-state index in [1.54, 1.807) is 28.1 Å². The summed E-state index contributed by atoms with van der Waals surface area (Å²) in [6.45, 7) is 4.33. The number of rotatable bonds is 7. The van der Waals surface area contributed by atoms with E-state index in [0.717, 1.165) is 5.69 Å². The Bertz CT molecular complexity index is 383. The first-order chi connectivity index (χ1) is 8.97. The topological polar surface area (TPSA) is 62.2 Å². The van der Waals surface area contributed by atoms with Crippen molar-refractivity contribution in [1.29, 1.82) is 0 Å². The molecule has 2 N–H and O–H groups in total. The third-order valence-corrected chi connectivity index (χ3v) is 2.70. The number of aliphatic hydroxyl groups excluding tert-OH is 2. The van der Waals surface area contributed by atoms with Gasteiger partial charge in [-0.15, -0.1) is 0 Å². The molecule has 0 aliphatic rings. The predicted octanol–water partition coefficient (Wildman–Crippen LogP) is 1.27. The Morgan fingerprint density at radius 3 is 1.95 bits per heavy atom. The summed E-state index contributed by atoms with van der Waals surface area (Å²) in [6, 6.07) is 5.53. The van der Waals surface area contributed by atoms with Gasteiger partial charge in [-0.1, -0.05) is 0 Å². The number of anilines is 1. The molecule has 0 heterocycles. The van der Waals surface area contributed by atoms with Gasteiger partial charge in [-0.2, -0.15) is 0 Å². The molecule has 0 saturated heterocycles. The van der Waals surface area contributed by atoms with Gasteiger partial charge in [-0.05, 0) is 26.0 Å². The fraction of sp³-hybridized carbons (Fsp3) is 0.571. The number of benzene rings is 1. The van der Waals surface area contributed by atoms with Gasteiger partial charge in [0, 0.05) is 24.8 Å². The molecule has 1 aromatic rings. The van der Waals surface area contributed by atoms with E-state index < -0.39 is 12.2 Å². The Balaban J connectivity index is 3.00. The predicted molar refractivity (Wildman–Crippen MR) is 75.1 cm³/mol. The van der Waals surface area contributed by atoms with Gasteiger partial charge in [-0.25, -0.2) is 0 Å². The van der Waals surface area contributed by atoms with Crippen molar-refractivity contribution in [3.63, 3.8) is 0 Å². The Kier molecular flexibility index (Phi) is 5.92. The standard InChI is InChI=1S/C14H23NO4/c1-10(16)8-15(9-11(2)17)12-5-6-13(18-3)14(7-12)19-4/h5-7,10-11,16-17H,8-9H2,1-4H3/t10-,11-/m1/s1. The molecule has 5 nitrogen and oxygen atoms in total. The third-order valence-electron chi connectivity index (χ3n) is 2.70. The van der Waals surface area contributed by atoms with Gasteiger partial charge < -0.3 is 24.6 Å². The van der Waals surface area contributed by atoms with Gasteiger partial charge in [0.2, 0.25) is 0 Å². The molecular weight excluding hydrogens is 246 g/mol. The van der Waals surface area contributed by atoms with Crippen molar-refractivity contribution in [3.8, 4) is 11.5 Å².